The first-order valence-corrected chi connectivity index (χ1v) is 25.0. The van der Waals surface area contributed by atoms with Crippen molar-refractivity contribution in [1.29, 1.82) is 0 Å². The number of amides is 4. The van der Waals surface area contributed by atoms with Crippen LogP contribution in [0.4, 0.5) is 23.7 Å². The van der Waals surface area contributed by atoms with Gasteiger partial charge in [-0.2, -0.15) is 13.2 Å². The average Bonchev–Trinajstić information content (AvgIpc) is 4.19. The number of nitrogens with one attached hydrogen (secondary N) is 3. The number of ether oxygens (including phenoxy) is 4. The highest BCUT2D eigenvalue weighted by molar-refractivity contribution is 7.91. The lowest BCUT2D eigenvalue weighted by Gasteiger charge is -2.34. The van der Waals surface area contributed by atoms with E-state index in [0.717, 1.165) is 29.7 Å². The molecule has 2 unspecified atom stereocenters. The summed E-state index contributed by atoms with van der Waals surface area (Å²) in [5, 5.41) is 6.57. The Bertz CT molecular complexity index is 2600. The molecule has 3 N–H and O–H groups in total. The third kappa shape index (κ3) is 10.5. The average molecular weight is 983 g/mol. The lowest BCUT2D eigenvalue weighted by atomic mass is 9.88. The molecule has 8 rings (SSSR count). The molecule has 2 aliphatic carbocycles. The minimum atomic E-state index is -4.93. The Morgan fingerprint density at radius 3 is 2.38 bits per heavy atom. The van der Waals surface area contributed by atoms with Crippen LogP contribution in [-0.2, 0) is 33.9 Å². The summed E-state index contributed by atoms with van der Waals surface area (Å²) in [7, 11) is -2.56. The molecule has 0 bridgehead atoms. The number of anilines is 1. The van der Waals surface area contributed by atoms with Crippen LogP contribution >= 0.6 is 0 Å². The van der Waals surface area contributed by atoms with Crippen molar-refractivity contribution in [2.75, 3.05) is 44.9 Å². The molecular weight excluding hydrogens is 922 g/mol. The summed E-state index contributed by atoms with van der Waals surface area (Å²) < 4.78 is 92.2. The molecule has 69 heavy (non-hydrogen) atoms. The van der Waals surface area contributed by atoms with Gasteiger partial charge in [0.2, 0.25) is 33.3 Å². The Balaban J connectivity index is 1.15. The first-order valence-electron chi connectivity index (χ1n) is 23.5. The number of halogens is 3. The van der Waals surface area contributed by atoms with Gasteiger partial charge >= 0.3 is 12.3 Å². The first-order chi connectivity index (χ1) is 32.5. The molecule has 3 aliphatic heterocycles. The van der Waals surface area contributed by atoms with Crippen LogP contribution in [0.25, 0.3) is 22.0 Å². The zero-order valence-electron chi connectivity index (χ0n) is 39.7. The second kappa shape index (κ2) is 18.9. The summed E-state index contributed by atoms with van der Waals surface area (Å²) in [5.74, 6) is -3.02. The number of morpholine rings is 1. The van der Waals surface area contributed by atoms with Crippen molar-refractivity contribution in [3.05, 3.63) is 60.7 Å². The molecule has 374 valence electrons. The molecule has 7 atom stereocenters. The number of alkyl carbamates (subject to hydrolysis) is 1. The largest absolute Gasteiger partial charge is 0.497 e. The van der Waals surface area contributed by atoms with Crippen LogP contribution in [0.3, 0.4) is 0 Å². The normalized spacial score (nSPS) is 28.0. The van der Waals surface area contributed by atoms with E-state index >= 15 is 4.79 Å². The van der Waals surface area contributed by atoms with Crippen molar-refractivity contribution < 1.29 is 59.7 Å². The Morgan fingerprint density at radius 2 is 1.71 bits per heavy atom. The van der Waals surface area contributed by atoms with Crippen LogP contribution in [0.1, 0.15) is 79.6 Å². The van der Waals surface area contributed by atoms with E-state index in [9.17, 15) is 36.0 Å². The SMILES string of the molecule is COc1ccc2c(OC3C[C@H]4C(=O)N[C@]5(C(=O)NS(=O)(=O)C6(C)CC6)CC5/C=C\CC[C@@H](C)C[C@@H](C)[C@H](NC(=O)OC(C)(C)C(F)(F)F)C(=O)N4C3)nc(-c3ccc(N4CCOCC4)cc3)cc2c1. The van der Waals surface area contributed by atoms with Gasteiger partial charge in [-0.15, -0.1) is 0 Å². The second-order valence-corrected chi connectivity index (χ2v) is 22.2. The molecule has 0 radical (unpaired) electrons. The molecule has 4 heterocycles. The number of nitrogens with zero attached hydrogens (tertiary/aromatic N) is 3. The predicted molar refractivity (Wildman–Crippen MR) is 250 cm³/mol. The van der Waals surface area contributed by atoms with E-state index in [1.807, 2.05) is 49.4 Å². The summed E-state index contributed by atoms with van der Waals surface area (Å²) in [6.45, 7) is 9.11. The number of alkyl halides is 3. The summed E-state index contributed by atoms with van der Waals surface area (Å²) in [4.78, 5) is 65.8. The van der Waals surface area contributed by atoms with Crippen LogP contribution < -0.4 is 29.7 Å². The van der Waals surface area contributed by atoms with Crippen molar-refractivity contribution in [3.63, 3.8) is 0 Å². The molecule has 16 nitrogen and oxygen atoms in total. The number of carbonyl (C=O) groups excluding carboxylic acids is 4. The highest BCUT2D eigenvalue weighted by Gasteiger charge is 2.63. The molecule has 20 heteroatoms. The number of rotatable bonds is 10. The van der Waals surface area contributed by atoms with E-state index in [4.69, 9.17) is 23.9 Å². The standard InChI is InChI=1S/C49H61F3N6O10S/c1-29-9-7-8-10-33-27-48(33,44(61)56-69(63,64)47(5)17-18-47)55-41(59)39-26-36(28-58(39)43(60)40(30(2)23-29)54-45(62)68-46(3,4)49(50,51)52)67-42-37-16-15-35(65-6)24-32(37)25-38(53-42)31-11-13-34(14-12-31)57-19-21-66-22-20-57/h8,10-16,24-25,29-30,33,36,39-40H,7,9,17-23,26-28H2,1-6H3,(H,54,62)(H,55,59)(H,56,61)/b10-8-/t29-,30-,33?,36?,39+,40+,48-/m1/s1. The van der Waals surface area contributed by atoms with Crippen molar-refractivity contribution in [3.8, 4) is 22.9 Å². The smallest absolute Gasteiger partial charge is 0.427 e. The Morgan fingerprint density at radius 1 is 1.00 bits per heavy atom. The number of methoxy groups -OCH3 is 1. The maximum atomic E-state index is 15.1. The van der Waals surface area contributed by atoms with Crippen molar-refractivity contribution in [2.24, 2.45) is 17.8 Å². The van der Waals surface area contributed by atoms with Gasteiger partial charge in [0, 0.05) is 42.1 Å². The van der Waals surface area contributed by atoms with E-state index in [0.29, 0.717) is 76.0 Å². The number of aromatic nitrogens is 1. The van der Waals surface area contributed by atoms with Crippen molar-refractivity contribution >= 4 is 50.3 Å². The van der Waals surface area contributed by atoms with Crippen molar-refractivity contribution in [1.82, 2.24) is 25.2 Å². The summed E-state index contributed by atoms with van der Waals surface area (Å²) >= 11 is 0. The van der Waals surface area contributed by atoms with Gasteiger partial charge in [0.15, 0.2) is 0 Å². The van der Waals surface area contributed by atoms with Crippen molar-refractivity contribution in [2.45, 2.75) is 120 Å². The number of hydrogen-bond donors (Lipinski definition) is 3. The number of pyridine rings is 1. The van der Waals surface area contributed by atoms with Gasteiger partial charge in [-0.1, -0.05) is 38.1 Å². The molecule has 1 aromatic heterocycles. The van der Waals surface area contributed by atoms with Crippen LogP contribution in [-0.4, -0.2) is 122 Å². The van der Waals surface area contributed by atoms with Gasteiger partial charge in [-0.25, -0.2) is 18.2 Å². The molecule has 2 saturated carbocycles. The summed E-state index contributed by atoms with van der Waals surface area (Å²) in [5.41, 5.74) is -2.21. The van der Waals surface area contributed by atoms with E-state index in [1.54, 1.807) is 39.2 Å². The van der Waals surface area contributed by atoms with E-state index in [-0.39, 0.29) is 31.2 Å². The quantitative estimate of drug-likeness (QED) is 0.189. The Labute approximate surface area is 400 Å². The molecule has 2 saturated heterocycles. The van der Waals surface area contributed by atoms with Crippen LogP contribution in [0.5, 0.6) is 11.6 Å². The fourth-order valence-electron chi connectivity index (χ4n) is 9.43. The molecule has 2 aromatic carbocycles. The minimum Gasteiger partial charge on any atom is -0.497 e. The fraction of sp³-hybridized carbons (Fsp3) is 0.571. The molecule has 4 fully saturated rings. The van der Waals surface area contributed by atoms with E-state index in [1.165, 1.54) is 4.90 Å². The molecular formula is C49H61F3N6O10S. The monoisotopic (exact) mass is 982 g/mol. The van der Waals surface area contributed by atoms with Gasteiger partial charge in [-0.3, -0.25) is 19.1 Å². The van der Waals surface area contributed by atoms with Crippen LogP contribution in [0.15, 0.2) is 60.7 Å². The predicted octanol–water partition coefficient (Wildman–Crippen LogP) is 6.42. The van der Waals surface area contributed by atoms with E-state index in [2.05, 4.69) is 20.3 Å². The minimum absolute atomic E-state index is 0.0581. The van der Waals surface area contributed by atoms with E-state index < -0.39 is 85.9 Å². The topological polar surface area (TPSA) is 195 Å². The maximum absolute atomic E-state index is 15.1. The Hall–Kier alpha value is -5.63. The van der Waals surface area contributed by atoms with Gasteiger partial charge in [0.25, 0.3) is 5.91 Å². The van der Waals surface area contributed by atoms with Gasteiger partial charge in [0.1, 0.15) is 29.5 Å². The molecule has 3 aromatic rings. The number of benzene rings is 2. The highest BCUT2D eigenvalue weighted by Crippen LogP contribution is 2.48. The second-order valence-electron chi connectivity index (χ2n) is 20.0. The zero-order chi connectivity index (χ0) is 49.7. The zero-order valence-corrected chi connectivity index (χ0v) is 40.5. The van der Waals surface area contributed by atoms with Crippen LogP contribution in [0.2, 0.25) is 0 Å². The van der Waals surface area contributed by atoms with Gasteiger partial charge < -0.3 is 39.4 Å². The molecule has 4 amide bonds. The third-order valence-electron chi connectivity index (χ3n) is 14.4. The lowest BCUT2D eigenvalue weighted by molar-refractivity contribution is -0.244. The fourth-order valence-corrected chi connectivity index (χ4v) is 10.7. The number of sulfonamides is 1. The highest BCUT2D eigenvalue weighted by atomic mass is 32.2. The Kier molecular flexibility index (Phi) is 13.7. The third-order valence-corrected chi connectivity index (χ3v) is 16.5. The van der Waals surface area contributed by atoms with Crippen LogP contribution in [0, 0.1) is 17.8 Å². The first kappa shape index (κ1) is 49.8. The number of fused-ring (bicyclic) bond motifs is 3. The lowest BCUT2D eigenvalue weighted by Crippen LogP contribution is -2.59. The number of carbonyl (C=O) groups is 4. The number of hydrogen-bond acceptors (Lipinski definition) is 12. The molecule has 0 spiro atoms. The maximum Gasteiger partial charge on any atom is 0.427 e. The molecule has 5 aliphatic rings. The van der Waals surface area contributed by atoms with Gasteiger partial charge in [0.05, 0.1) is 37.3 Å². The van der Waals surface area contributed by atoms with Gasteiger partial charge in [-0.05, 0) is 113 Å². The number of allylic oxidation sites excluding steroid dienone is 1. The summed E-state index contributed by atoms with van der Waals surface area (Å²) in [6.07, 6.45) is -1.52. The summed E-state index contributed by atoms with van der Waals surface area (Å²) in [6, 6.07) is 12.4.